The van der Waals surface area contributed by atoms with E-state index in [1.54, 1.807) is 53.6 Å². The first kappa shape index (κ1) is 20.7. The molecule has 10 heteroatoms. The number of nitrogens with one attached hydrogen (secondary N) is 2. The van der Waals surface area contributed by atoms with E-state index in [0.717, 1.165) is 11.1 Å². The minimum atomic E-state index is -0.327. The highest BCUT2D eigenvalue weighted by Crippen LogP contribution is 2.28. The van der Waals surface area contributed by atoms with E-state index < -0.39 is 0 Å². The maximum absolute atomic E-state index is 12.8. The molecule has 0 aliphatic carbocycles. The van der Waals surface area contributed by atoms with Crippen LogP contribution >= 0.6 is 22.9 Å². The minimum Gasteiger partial charge on any atom is -0.347 e. The Kier molecular flexibility index (Phi) is 6.06. The van der Waals surface area contributed by atoms with E-state index in [-0.39, 0.29) is 18.4 Å². The number of aryl methyl sites for hydroxylation is 1. The van der Waals surface area contributed by atoms with Gasteiger partial charge in [0.1, 0.15) is 12.7 Å². The molecule has 2 amide bonds. The molecule has 0 aliphatic rings. The fourth-order valence-electron chi connectivity index (χ4n) is 2.94. The maximum Gasteiger partial charge on any atom is 0.261 e. The van der Waals surface area contributed by atoms with Crippen molar-refractivity contribution in [2.75, 3.05) is 5.32 Å². The summed E-state index contributed by atoms with van der Waals surface area (Å²) >= 11 is 7.29. The molecular formula is C21H17ClN6O2S. The summed E-state index contributed by atoms with van der Waals surface area (Å²) in [5, 5.41) is 10.7. The largest absolute Gasteiger partial charge is 0.347 e. The van der Waals surface area contributed by atoms with Crippen molar-refractivity contribution in [3.63, 3.8) is 0 Å². The summed E-state index contributed by atoms with van der Waals surface area (Å²) in [6, 6.07) is 12.2. The van der Waals surface area contributed by atoms with Gasteiger partial charge in [-0.15, -0.1) is 11.3 Å². The fourth-order valence-corrected chi connectivity index (χ4v) is 4.15. The Balaban J connectivity index is 1.45. The third kappa shape index (κ3) is 4.62. The van der Waals surface area contributed by atoms with Crippen LogP contribution in [0, 0.1) is 6.92 Å². The van der Waals surface area contributed by atoms with Crippen LogP contribution in [0.15, 0.2) is 61.3 Å². The number of hydrogen-bond donors (Lipinski definition) is 2. The predicted molar refractivity (Wildman–Crippen MR) is 119 cm³/mol. The second kappa shape index (κ2) is 9.07. The zero-order chi connectivity index (χ0) is 21.8. The molecule has 0 saturated carbocycles. The number of benzene rings is 1. The first-order chi connectivity index (χ1) is 15.0. The van der Waals surface area contributed by atoms with Gasteiger partial charge in [0.15, 0.2) is 5.82 Å². The Morgan fingerprint density at radius 3 is 2.77 bits per heavy atom. The van der Waals surface area contributed by atoms with Crippen LogP contribution in [-0.4, -0.2) is 31.6 Å². The van der Waals surface area contributed by atoms with E-state index in [0.29, 0.717) is 26.3 Å². The summed E-state index contributed by atoms with van der Waals surface area (Å²) in [5.74, 6) is 0.0247. The molecule has 0 atom stereocenters. The summed E-state index contributed by atoms with van der Waals surface area (Å²) in [6.45, 7) is 2.09. The van der Waals surface area contributed by atoms with Crippen LogP contribution < -0.4 is 10.6 Å². The number of carbonyl (C=O) groups excluding carboxylic acids is 2. The Hall–Kier alpha value is -3.56. The van der Waals surface area contributed by atoms with Crippen molar-refractivity contribution in [1.29, 1.82) is 0 Å². The lowest BCUT2D eigenvalue weighted by molar-refractivity contribution is 0.0953. The van der Waals surface area contributed by atoms with Crippen molar-refractivity contribution in [3.05, 3.63) is 87.9 Å². The van der Waals surface area contributed by atoms with Crippen molar-refractivity contribution >= 4 is 39.8 Å². The highest BCUT2D eigenvalue weighted by molar-refractivity contribution is 7.18. The van der Waals surface area contributed by atoms with Crippen molar-refractivity contribution in [1.82, 2.24) is 25.1 Å². The average Bonchev–Trinajstić information content (AvgIpc) is 3.42. The molecule has 3 aromatic heterocycles. The number of aromatic nitrogens is 4. The number of nitrogens with zero attached hydrogens (tertiary/aromatic N) is 4. The van der Waals surface area contributed by atoms with Crippen LogP contribution in [0.1, 0.15) is 31.2 Å². The monoisotopic (exact) mass is 452 g/mol. The van der Waals surface area contributed by atoms with Crippen molar-refractivity contribution in [2.45, 2.75) is 13.5 Å². The number of hydrogen-bond acceptors (Lipinski definition) is 6. The van der Waals surface area contributed by atoms with E-state index in [2.05, 4.69) is 25.7 Å². The zero-order valence-corrected chi connectivity index (χ0v) is 17.9. The lowest BCUT2D eigenvalue weighted by Gasteiger charge is -2.09. The molecule has 0 unspecified atom stereocenters. The molecule has 8 nitrogen and oxygen atoms in total. The molecule has 31 heavy (non-hydrogen) atoms. The molecule has 0 saturated heterocycles. The van der Waals surface area contributed by atoms with Gasteiger partial charge in [-0.25, -0.2) is 14.6 Å². The number of rotatable bonds is 6. The molecule has 0 bridgehead atoms. The Morgan fingerprint density at radius 2 is 2.00 bits per heavy atom. The number of carbonyl (C=O) groups is 2. The third-order valence-electron chi connectivity index (χ3n) is 4.42. The number of pyridine rings is 1. The van der Waals surface area contributed by atoms with E-state index in [9.17, 15) is 9.59 Å². The van der Waals surface area contributed by atoms with Crippen molar-refractivity contribution in [3.8, 4) is 5.82 Å². The predicted octanol–water partition coefficient (Wildman–Crippen LogP) is 3.87. The van der Waals surface area contributed by atoms with Gasteiger partial charge in [0, 0.05) is 18.3 Å². The molecule has 0 radical (unpaired) electrons. The third-order valence-corrected chi connectivity index (χ3v) is 5.90. The Bertz CT molecular complexity index is 1240. The van der Waals surface area contributed by atoms with Crippen LogP contribution in [0.2, 0.25) is 5.02 Å². The maximum atomic E-state index is 12.8. The molecule has 0 spiro atoms. The van der Waals surface area contributed by atoms with Crippen LogP contribution in [0.25, 0.3) is 5.82 Å². The normalized spacial score (nSPS) is 10.6. The molecule has 0 fully saturated rings. The van der Waals surface area contributed by atoms with E-state index in [1.807, 2.05) is 13.0 Å². The first-order valence-electron chi connectivity index (χ1n) is 9.26. The molecule has 156 valence electrons. The quantitative estimate of drug-likeness (QED) is 0.462. The lowest BCUT2D eigenvalue weighted by atomic mass is 10.2. The van der Waals surface area contributed by atoms with E-state index in [1.165, 1.54) is 17.7 Å². The van der Waals surface area contributed by atoms with Gasteiger partial charge in [-0.1, -0.05) is 29.8 Å². The van der Waals surface area contributed by atoms with E-state index >= 15 is 0 Å². The Morgan fingerprint density at radius 1 is 1.16 bits per heavy atom. The van der Waals surface area contributed by atoms with Gasteiger partial charge in [-0.2, -0.15) is 5.10 Å². The Labute approximate surface area is 186 Å². The molecular weight excluding hydrogens is 436 g/mol. The second-order valence-corrected chi connectivity index (χ2v) is 8.03. The summed E-state index contributed by atoms with van der Waals surface area (Å²) in [6.07, 6.45) is 4.62. The van der Waals surface area contributed by atoms with Crippen LogP contribution in [-0.2, 0) is 6.54 Å². The summed E-state index contributed by atoms with van der Waals surface area (Å²) in [7, 11) is 0. The zero-order valence-electron chi connectivity index (χ0n) is 16.4. The van der Waals surface area contributed by atoms with Gasteiger partial charge in [-0.05, 0) is 36.8 Å². The highest BCUT2D eigenvalue weighted by Gasteiger charge is 2.17. The number of anilines is 1. The molecule has 3 heterocycles. The van der Waals surface area contributed by atoms with Gasteiger partial charge in [0.2, 0.25) is 0 Å². The van der Waals surface area contributed by atoms with Gasteiger partial charge < -0.3 is 10.6 Å². The molecule has 4 rings (SSSR count). The topological polar surface area (TPSA) is 102 Å². The van der Waals surface area contributed by atoms with Gasteiger partial charge in [0.25, 0.3) is 11.8 Å². The minimum absolute atomic E-state index is 0.242. The molecule has 0 aliphatic heterocycles. The van der Waals surface area contributed by atoms with Crippen LogP contribution in [0.3, 0.4) is 0 Å². The van der Waals surface area contributed by atoms with Gasteiger partial charge >= 0.3 is 0 Å². The molecule has 2 N–H and O–H groups in total. The van der Waals surface area contributed by atoms with Crippen molar-refractivity contribution < 1.29 is 9.59 Å². The smallest absolute Gasteiger partial charge is 0.261 e. The highest BCUT2D eigenvalue weighted by atomic mass is 35.5. The first-order valence-corrected chi connectivity index (χ1v) is 10.5. The van der Waals surface area contributed by atoms with Gasteiger partial charge in [0.05, 0.1) is 20.5 Å². The molecule has 1 aromatic carbocycles. The summed E-state index contributed by atoms with van der Waals surface area (Å²) in [5.41, 5.74) is 1.93. The second-order valence-electron chi connectivity index (χ2n) is 6.57. The standard InChI is InChI=1S/C21H17ClN6O2S/c1-13-9-17(27-20(29)15-6-2-3-7-16(15)22)31-18(13)21(30)25-10-14-5-4-8-24-19(14)28-12-23-11-26-28/h2-9,11-12H,10H2,1H3,(H,25,30)(H,27,29). The van der Waals surface area contributed by atoms with Crippen LogP contribution in [0.4, 0.5) is 5.00 Å². The average molecular weight is 453 g/mol. The van der Waals surface area contributed by atoms with Crippen molar-refractivity contribution in [2.24, 2.45) is 0 Å². The SMILES string of the molecule is Cc1cc(NC(=O)c2ccccc2Cl)sc1C(=O)NCc1cccnc1-n1cncn1. The van der Waals surface area contributed by atoms with Crippen LogP contribution in [0.5, 0.6) is 0 Å². The summed E-state index contributed by atoms with van der Waals surface area (Å²) < 4.78 is 1.54. The van der Waals surface area contributed by atoms with E-state index in [4.69, 9.17) is 11.6 Å². The lowest BCUT2D eigenvalue weighted by Crippen LogP contribution is -2.23. The number of halogens is 1. The fraction of sp³-hybridized carbons (Fsp3) is 0.0952. The van der Waals surface area contributed by atoms with Gasteiger partial charge in [-0.3, -0.25) is 9.59 Å². The summed E-state index contributed by atoms with van der Waals surface area (Å²) in [4.78, 5) is 34.0. The number of amides is 2. The number of thiophene rings is 1. The molecule has 4 aromatic rings.